The molecular weight excluding hydrogens is 448 g/mol. The minimum atomic E-state index is -0.307. The van der Waals surface area contributed by atoms with Crippen LogP contribution in [0.25, 0.3) is 21.9 Å². The first-order chi connectivity index (χ1) is 15.5. The van der Waals surface area contributed by atoms with Crippen molar-refractivity contribution in [1.82, 2.24) is 16.0 Å². The smallest absolute Gasteiger partial charge is 0.251 e. The molecule has 0 radical (unpaired) electrons. The lowest BCUT2D eigenvalue weighted by molar-refractivity contribution is -0.366. The van der Waals surface area contributed by atoms with Crippen LogP contribution >= 0.6 is 0 Å². The van der Waals surface area contributed by atoms with Crippen molar-refractivity contribution in [2.45, 2.75) is 19.3 Å². The highest BCUT2D eigenvalue weighted by molar-refractivity contribution is 5.99. The molecule has 2 aromatic carbocycles. The van der Waals surface area contributed by atoms with E-state index in [0.717, 1.165) is 0 Å². The third-order valence-electron chi connectivity index (χ3n) is 4.88. The third kappa shape index (κ3) is 7.03. The second kappa shape index (κ2) is 12.6. The third-order valence-corrected chi connectivity index (χ3v) is 4.88. The molecule has 0 aliphatic carbocycles. The van der Waals surface area contributed by atoms with Gasteiger partial charge in [0, 0.05) is 31.6 Å². The van der Waals surface area contributed by atoms with Crippen molar-refractivity contribution in [2.75, 3.05) is 26.2 Å². The molecule has 176 valence electrons. The molecule has 1 heterocycles. The average molecular weight is 475 g/mol. The number of quaternary nitrogens is 1. The molecule has 6 N–H and O–H groups in total. The SMILES string of the molecule is [Cl-].[NH3+]CCC(=O)NCCC(=O)NCCCNC(=O)c1ccc2oc3ccccc3c(=O)c2c1. The van der Waals surface area contributed by atoms with Crippen molar-refractivity contribution < 1.29 is 36.9 Å². The van der Waals surface area contributed by atoms with Gasteiger partial charge in [0.25, 0.3) is 5.91 Å². The number of carbonyl (C=O) groups is 3. The van der Waals surface area contributed by atoms with Gasteiger partial charge in [-0.1, -0.05) is 12.1 Å². The maximum absolute atomic E-state index is 12.7. The van der Waals surface area contributed by atoms with Crippen molar-refractivity contribution in [3.8, 4) is 0 Å². The van der Waals surface area contributed by atoms with Crippen LogP contribution in [-0.2, 0) is 9.59 Å². The Bertz CT molecular complexity index is 1190. The van der Waals surface area contributed by atoms with Gasteiger partial charge in [-0.25, -0.2) is 0 Å². The Hall–Kier alpha value is -3.43. The van der Waals surface area contributed by atoms with Gasteiger partial charge in [0.2, 0.25) is 17.2 Å². The molecule has 0 saturated carbocycles. The lowest BCUT2D eigenvalue weighted by atomic mass is 10.1. The number of fused-ring (bicyclic) bond motifs is 2. The number of rotatable bonds is 10. The molecule has 0 unspecified atom stereocenters. The topological polar surface area (TPSA) is 145 Å². The van der Waals surface area contributed by atoms with Crippen LogP contribution in [-0.4, -0.2) is 43.9 Å². The van der Waals surface area contributed by atoms with Crippen molar-refractivity contribution >= 4 is 39.7 Å². The van der Waals surface area contributed by atoms with Gasteiger partial charge in [-0.2, -0.15) is 0 Å². The van der Waals surface area contributed by atoms with E-state index in [-0.39, 0.29) is 48.5 Å². The molecule has 0 aliphatic rings. The van der Waals surface area contributed by atoms with Crippen LogP contribution in [0, 0.1) is 0 Å². The van der Waals surface area contributed by atoms with Crippen molar-refractivity contribution in [1.29, 1.82) is 0 Å². The lowest BCUT2D eigenvalue weighted by Crippen LogP contribution is -3.00. The minimum Gasteiger partial charge on any atom is -1.00 e. The number of amides is 3. The first kappa shape index (κ1) is 25.8. The minimum absolute atomic E-state index is 0. The van der Waals surface area contributed by atoms with Crippen LogP contribution < -0.4 is 39.5 Å². The molecule has 1 aromatic heterocycles. The monoisotopic (exact) mass is 474 g/mol. The largest absolute Gasteiger partial charge is 1.00 e. The molecule has 0 fully saturated rings. The standard InChI is InChI=1S/C23H26N4O5.ClH/c24-10-8-20(28)26-13-9-21(29)25-11-3-12-27-23(31)15-6-7-19-17(14-15)22(30)16-4-1-2-5-18(16)32-19;/h1-2,4-7,14H,3,8-13,24H2,(H,25,29)(H,26,28)(H,27,31);1H. The Balaban J connectivity index is 0.00000385. The van der Waals surface area contributed by atoms with Gasteiger partial charge in [0.05, 0.1) is 23.7 Å². The molecule has 3 aromatic rings. The van der Waals surface area contributed by atoms with Gasteiger partial charge in [0.15, 0.2) is 0 Å². The zero-order chi connectivity index (χ0) is 22.9. The summed E-state index contributed by atoms with van der Waals surface area (Å²) in [7, 11) is 0. The van der Waals surface area contributed by atoms with Crippen LogP contribution in [0.15, 0.2) is 51.7 Å². The normalized spacial score (nSPS) is 10.5. The Morgan fingerprint density at radius 1 is 0.818 bits per heavy atom. The summed E-state index contributed by atoms with van der Waals surface area (Å²) < 4.78 is 5.75. The first-order valence-electron chi connectivity index (χ1n) is 10.6. The molecule has 3 rings (SSSR count). The maximum atomic E-state index is 12.7. The molecule has 0 aliphatic heterocycles. The van der Waals surface area contributed by atoms with Crippen molar-refractivity contribution in [3.05, 3.63) is 58.3 Å². The number of nitrogens with one attached hydrogen (secondary N) is 3. The maximum Gasteiger partial charge on any atom is 0.251 e. The van der Waals surface area contributed by atoms with E-state index in [1.165, 1.54) is 6.07 Å². The quantitative estimate of drug-likeness (QED) is 0.187. The van der Waals surface area contributed by atoms with Gasteiger partial charge in [-0.05, 0) is 36.8 Å². The Labute approximate surface area is 196 Å². The molecule has 0 atom stereocenters. The summed E-state index contributed by atoms with van der Waals surface area (Å²) in [6.45, 7) is 1.57. The number of carbonyl (C=O) groups excluding carboxylic acids is 3. The highest BCUT2D eigenvalue weighted by Gasteiger charge is 2.11. The van der Waals surface area contributed by atoms with Gasteiger partial charge in [-0.3, -0.25) is 19.2 Å². The van der Waals surface area contributed by atoms with E-state index in [9.17, 15) is 19.2 Å². The van der Waals surface area contributed by atoms with Gasteiger partial charge in [-0.15, -0.1) is 0 Å². The van der Waals surface area contributed by atoms with Crippen molar-refractivity contribution in [2.24, 2.45) is 0 Å². The Morgan fingerprint density at radius 2 is 1.48 bits per heavy atom. The molecule has 9 nitrogen and oxygen atoms in total. The second-order valence-electron chi connectivity index (χ2n) is 7.30. The van der Waals surface area contributed by atoms with Crippen LogP contribution in [0.4, 0.5) is 0 Å². The fourth-order valence-corrected chi connectivity index (χ4v) is 3.22. The van der Waals surface area contributed by atoms with Crippen LogP contribution in [0.2, 0.25) is 0 Å². The molecule has 10 heteroatoms. The van der Waals surface area contributed by atoms with Crippen LogP contribution in [0.3, 0.4) is 0 Å². The van der Waals surface area contributed by atoms with E-state index in [1.54, 1.807) is 36.4 Å². The number of benzene rings is 2. The van der Waals surface area contributed by atoms with Crippen LogP contribution in [0.1, 0.15) is 29.6 Å². The summed E-state index contributed by atoms with van der Waals surface area (Å²) in [6, 6.07) is 11.8. The number of hydrogen-bond acceptors (Lipinski definition) is 5. The van der Waals surface area contributed by atoms with E-state index < -0.39 is 0 Å². The van der Waals surface area contributed by atoms with E-state index in [2.05, 4.69) is 21.7 Å². The molecule has 3 amide bonds. The van der Waals surface area contributed by atoms with Crippen molar-refractivity contribution in [3.63, 3.8) is 0 Å². The second-order valence-corrected chi connectivity index (χ2v) is 7.30. The zero-order valence-corrected chi connectivity index (χ0v) is 18.9. The summed E-state index contributed by atoms with van der Waals surface area (Å²) >= 11 is 0. The molecular formula is C23H27ClN4O5. The Kier molecular flexibility index (Phi) is 9.84. The zero-order valence-electron chi connectivity index (χ0n) is 18.1. The lowest BCUT2D eigenvalue weighted by Gasteiger charge is -2.08. The predicted molar refractivity (Wildman–Crippen MR) is 120 cm³/mol. The fourth-order valence-electron chi connectivity index (χ4n) is 3.22. The fraction of sp³-hybridized carbons (Fsp3) is 0.304. The highest BCUT2D eigenvalue weighted by Crippen LogP contribution is 2.19. The first-order valence-corrected chi connectivity index (χ1v) is 10.6. The molecule has 33 heavy (non-hydrogen) atoms. The number of halogens is 1. The Morgan fingerprint density at radius 3 is 2.27 bits per heavy atom. The number of para-hydroxylation sites is 1. The highest BCUT2D eigenvalue weighted by atomic mass is 35.5. The molecule has 0 spiro atoms. The molecule has 0 bridgehead atoms. The molecule has 0 saturated heterocycles. The van der Waals surface area contributed by atoms with Gasteiger partial charge in [0.1, 0.15) is 11.2 Å². The summed E-state index contributed by atoms with van der Waals surface area (Å²) in [5.41, 5.74) is 4.71. The van der Waals surface area contributed by atoms with Crippen LogP contribution in [0.5, 0.6) is 0 Å². The summed E-state index contributed by atoms with van der Waals surface area (Å²) in [5.74, 6) is -0.589. The van der Waals surface area contributed by atoms with E-state index in [0.29, 0.717) is 60.0 Å². The summed E-state index contributed by atoms with van der Waals surface area (Å²) in [5, 5.41) is 8.99. The summed E-state index contributed by atoms with van der Waals surface area (Å²) in [6.07, 6.45) is 1.09. The van der Waals surface area contributed by atoms with Gasteiger partial charge >= 0.3 is 0 Å². The van der Waals surface area contributed by atoms with E-state index in [1.807, 2.05) is 0 Å². The summed E-state index contributed by atoms with van der Waals surface area (Å²) in [4.78, 5) is 48.2. The number of hydrogen-bond donors (Lipinski definition) is 4. The van der Waals surface area contributed by atoms with E-state index in [4.69, 9.17) is 4.42 Å². The van der Waals surface area contributed by atoms with Gasteiger partial charge < -0.3 is 38.5 Å². The predicted octanol–water partition coefficient (Wildman–Crippen LogP) is -2.68. The van der Waals surface area contributed by atoms with E-state index >= 15 is 0 Å². The average Bonchev–Trinajstić information content (AvgIpc) is 2.79.